The summed E-state index contributed by atoms with van der Waals surface area (Å²) in [5.74, 6) is 1.24. The van der Waals surface area contributed by atoms with Crippen molar-refractivity contribution in [3.8, 4) is 5.88 Å². The number of fused-ring (bicyclic) bond motifs is 1. The molecule has 0 N–H and O–H groups in total. The minimum Gasteiger partial charge on any atom is -0.474 e. The van der Waals surface area contributed by atoms with Crippen molar-refractivity contribution in [3.63, 3.8) is 0 Å². The lowest BCUT2D eigenvalue weighted by molar-refractivity contribution is 0.151. The van der Waals surface area contributed by atoms with Gasteiger partial charge in [-0.15, -0.1) is 11.6 Å². The van der Waals surface area contributed by atoms with Crippen LogP contribution in [0.2, 0.25) is 0 Å². The fraction of sp³-hybridized carbons (Fsp3) is 0.438. The fourth-order valence-electron chi connectivity index (χ4n) is 2.77. The Bertz CT molecular complexity index is 564. The quantitative estimate of drug-likeness (QED) is 0.759. The summed E-state index contributed by atoms with van der Waals surface area (Å²) in [6.07, 6.45) is 8.32. The average Bonchev–Trinajstić information content (AvgIpc) is 2.49. The van der Waals surface area contributed by atoms with Crippen molar-refractivity contribution >= 4 is 22.4 Å². The highest BCUT2D eigenvalue weighted by molar-refractivity contribution is 6.18. The van der Waals surface area contributed by atoms with Gasteiger partial charge in [0.2, 0.25) is 5.88 Å². The summed E-state index contributed by atoms with van der Waals surface area (Å²) in [6.45, 7) is 0. The first kappa shape index (κ1) is 12.7. The third kappa shape index (κ3) is 2.69. The molecule has 2 aromatic rings. The minimum absolute atomic E-state index is 0.325. The molecule has 3 rings (SSSR count). The molecule has 0 spiro atoms. The lowest BCUT2D eigenvalue weighted by Crippen LogP contribution is -2.20. The molecule has 1 heterocycles. The van der Waals surface area contributed by atoms with Gasteiger partial charge >= 0.3 is 0 Å². The van der Waals surface area contributed by atoms with Gasteiger partial charge in [-0.2, -0.15) is 0 Å². The van der Waals surface area contributed by atoms with Gasteiger partial charge in [0.1, 0.15) is 6.10 Å². The molecule has 1 aromatic carbocycles. The van der Waals surface area contributed by atoms with Gasteiger partial charge in [0.15, 0.2) is 0 Å². The molecule has 0 aliphatic heterocycles. The van der Waals surface area contributed by atoms with E-state index in [0.717, 1.165) is 35.1 Å². The predicted octanol–water partition coefficient (Wildman–Crippen LogP) is 4.69. The number of hydrogen-bond acceptors (Lipinski definition) is 2. The molecule has 0 atom stereocenters. The van der Waals surface area contributed by atoms with Crippen molar-refractivity contribution in [2.75, 3.05) is 0 Å². The lowest BCUT2D eigenvalue weighted by Gasteiger charge is -2.23. The Morgan fingerprint density at radius 3 is 2.58 bits per heavy atom. The molecule has 100 valence electrons. The number of hydrogen-bond donors (Lipinski definition) is 0. The van der Waals surface area contributed by atoms with Crippen LogP contribution in [0.5, 0.6) is 5.88 Å². The third-order valence-corrected chi connectivity index (χ3v) is 4.10. The van der Waals surface area contributed by atoms with Crippen LogP contribution in [0.15, 0.2) is 30.5 Å². The van der Waals surface area contributed by atoms with E-state index in [1.54, 1.807) is 0 Å². The second kappa shape index (κ2) is 5.79. The van der Waals surface area contributed by atoms with Crippen LogP contribution in [0.3, 0.4) is 0 Å². The Kier molecular flexibility index (Phi) is 3.88. The van der Waals surface area contributed by atoms with Crippen LogP contribution in [0.4, 0.5) is 0 Å². The molecule has 1 aliphatic rings. The van der Waals surface area contributed by atoms with Crippen molar-refractivity contribution in [3.05, 3.63) is 36.0 Å². The van der Waals surface area contributed by atoms with Gasteiger partial charge in [-0.1, -0.05) is 24.6 Å². The summed E-state index contributed by atoms with van der Waals surface area (Å²) in [5, 5.41) is 2.23. The SMILES string of the molecule is ClCc1cnc(OC2CCCCC2)c2ccccc12. The molecule has 0 radical (unpaired) electrons. The second-order valence-electron chi connectivity index (χ2n) is 5.15. The maximum absolute atomic E-state index is 6.11. The van der Waals surface area contributed by atoms with Gasteiger partial charge in [0, 0.05) is 17.5 Å². The summed E-state index contributed by atoms with van der Waals surface area (Å²) in [4.78, 5) is 4.47. The van der Waals surface area contributed by atoms with Gasteiger partial charge in [0.25, 0.3) is 0 Å². The summed E-state index contributed by atoms with van der Waals surface area (Å²) in [6, 6.07) is 8.21. The number of ether oxygens (including phenoxy) is 1. The van der Waals surface area contributed by atoms with E-state index in [-0.39, 0.29) is 0 Å². The highest BCUT2D eigenvalue weighted by Gasteiger charge is 2.17. The smallest absolute Gasteiger partial charge is 0.221 e. The van der Waals surface area contributed by atoms with E-state index in [2.05, 4.69) is 17.1 Å². The number of aromatic nitrogens is 1. The van der Waals surface area contributed by atoms with Gasteiger partial charge in [-0.25, -0.2) is 4.98 Å². The van der Waals surface area contributed by atoms with Crippen LogP contribution in [-0.4, -0.2) is 11.1 Å². The molecule has 19 heavy (non-hydrogen) atoms. The lowest BCUT2D eigenvalue weighted by atomic mass is 9.98. The van der Waals surface area contributed by atoms with Crippen molar-refractivity contribution in [1.82, 2.24) is 4.98 Å². The number of pyridine rings is 1. The number of halogens is 1. The maximum Gasteiger partial charge on any atom is 0.221 e. The highest BCUT2D eigenvalue weighted by Crippen LogP contribution is 2.30. The molecular formula is C16H18ClNO. The topological polar surface area (TPSA) is 22.1 Å². The molecule has 1 saturated carbocycles. The zero-order valence-corrected chi connectivity index (χ0v) is 11.7. The summed E-state index contributed by atoms with van der Waals surface area (Å²) >= 11 is 5.97. The number of rotatable bonds is 3. The molecule has 0 bridgehead atoms. The Hall–Kier alpha value is -1.28. The summed E-state index contributed by atoms with van der Waals surface area (Å²) in [7, 11) is 0. The van der Waals surface area contributed by atoms with E-state index in [1.165, 1.54) is 19.3 Å². The van der Waals surface area contributed by atoms with Crippen LogP contribution in [0, 0.1) is 0 Å². The summed E-state index contributed by atoms with van der Waals surface area (Å²) in [5.41, 5.74) is 1.06. The van der Waals surface area contributed by atoms with Crippen LogP contribution >= 0.6 is 11.6 Å². The molecule has 3 heteroatoms. The highest BCUT2D eigenvalue weighted by atomic mass is 35.5. The zero-order chi connectivity index (χ0) is 13.1. The van der Waals surface area contributed by atoms with E-state index in [1.807, 2.05) is 18.3 Å². The van der Waals surface area contributed by atoms with Crippen molar-refractivity contribution < 1.29 is 4.74 Å². The normalized spacial score (nSPS) is 16.7. The standard InChI is InChI=1S/C16H18ClNO/c17-10-12-11-18-16(15-9-5-4-8-14(12)15)19-13-6-2-1-3-7-13/h4-5,8-9,11,13H,1-3,6-7,10H2. The largest absolute Gasteiger partial charge is 0.474 e. The predicted molar refractivity (Wildman–Crippen MR) is 78.8 cm³/mol. The van der Waals surface area contributed by atoms with Crippen molar-refractivity contribution in [2.45, 2.75) is 44.1 Å². The molecule has 2 nitrogen and oxygen atoms in total. The average molecular weight is 276 g/mol. The van der Waals surface area contributed by atoms with Gasteiger partial charge in [0.05, 0.1) is 0 Å². The first-order valence-electron chi connectivity index (χ1n) is 6.97. The molecule has 0 saturated heterocycles. The Morgan fingerprint density at radius 2 is 1.84 bits per heavy atom. The first-order valence-corrected chi connectivity index (χ1v) is 7.51. The van der Waals surface area contributed by atoms with Gasteiger partial charge in [-0.3, -0.25) is 0 Å². The number of alkyl halides is 1. The Balaban J connectivity index is 1.94. The van der Waals surface area contributed by atoms with E-state index in [0.29, 0.717) is 12.0 Å². The fourth-order valence-corrected chi connectivity index (χ4v) is 2.98. The molecule has 1 aliphatic carbocycles. The van der Waals surface area contributed by atoms with E-state index < -0.39 is 0 Å². The monoisotopic (exact) mass is 275 g/mol. The maximum atomic E-state index is 6.11. The van der Waals surface area contributed by atoms with Crippen LogP contribution in [0.25, 0.3) is 10.8 Å². The van der Waals surface area contributed by atoms with Gasteiger partial charge in [-0.05, 0) is 42.7 Å². The number of nitrogens with zero attached hydrogens (tertiary/aromatic N) is 1. The molecule has 0 unspecified atom stereocenters. The van der Waals surface area contributed by atoms with Crippen LogP contribution in [0.1, 0.15) is 37.7 Å². The summed E-state index contributed by atoms with van der Waals surface area (Å²) < 4.78 is 6.11. The Labute approximate surface area is 118 Å². The number of benzene rings is 1. The minimum atomic E-state index is 0.325. The first-order chi connectivity index (χ1) is 9.38. The van der Waals surface area contributed by atoms with E-state index in [4.69, 9.17) is 16.3 Å². The van der Waals surface area contributed by atoms with Crippen LogP contribution < -0.4 is 4.74 Å². The molecule has 1 aromatic heterocycles. The van der Waals surface area contributed by atoms with E-state index in [9.17, 15) is 0 Å². The van der Waals surface area contributed by atoms with E-state index >= 15 is 0 Å². The second-order valence-corrected chi connectivity index (χ2v) is 5.41. The molecule has 0 amide bonds. The Morgan fingerprint density at radius 1 is 1.11 bits per heavy atom. The molecule has 1 fully saturated rings. The zero-order valence-electron chi connectivity index (χ0n) is 10.9. The molecular weight excluding hydrogens is 258 g/mol. The van der Waals surface area contributed by atoms with Crippen molar-refractivity contribution in [2.24, 2.45) is 0 Å². The van der Waals surface area contributed by atoms with Crippen LogP contribution in [-0.2, 0) is 5.88 Å². The van der Waals surface area contributed by atoms with Crippen molar-refractivity contribution in [1.29, 1.82) is 0 Å². The van der Waals surface area contributed by atoms with Gasteiger partial charge < -0.3 is 4.74 Å². The third-order valence-electron chi connectivity index (χ3n) is 3.82.